The number of imidazole rings is 1. The van der Waals surface area contributed by atoms with Crippen LogP contribution in [0.2, 0.25) is 0 Å². The van der Waals surface area contributed by atoms with Crippen molar-refractivity contribution in [1.82, 2.24) is 29.7 Å². The Morgan fingerprint density at radius 3 is 2.70 bits per heavy atom. The molecule has 0 saturated heterocycles. The molecular formula is C21H25N9. The number of allylic oxidation sites excluding steroid dienone is 2. The standard InChI is InChI=1S/C21H25N9/c1-14-25-26-15(2)30(14)27-12-22-20-24-19(16-8-4-3-5-9-16)29-18-11-7-6-10-17(18)23-21(29)28(20)13-27/h3-4,6-7,10-11,16,19H,5,8-9,12-13H2,1-2H3,(H,22,24)/t16-,19+/m1/s1. The summed E-state index contributed by atoms with van der Waals surface area (Å²) in [7, 11) is 0. The number of aliphatic imine (C=N–C) groups is 1. The summed E-state index contributed by atoms with van der Waals surface area (Å²) in [6, 6.07) is 8.39. The highest BCUT2D eigenvalue weighted by Crippen LogP contribution is 2.37. The van der Waals surface area contributed by atoms with E-state index in [4.69, 9.17) is 9.98 Å². The second-order valence-corrected chi connectivity index (χ2v) is 8.21. The molecule has 2 atom stereocenters. The van der Waals surface area contributed by atoms with Crippen molar-refractivity contribution >= 4 is 22.9 Å². The summed E-state index contributed by atoms with van der Waals surface area (Å²) in [5.41, 5.74) is 2.17. The van der Waals surface area contributed by atoms with Crippen LogP contribution in [0.4, 0.5) is 5.95 Å². The van der Waals surface area contributed by atoms with Crippen molar-refractivity contribution in [2.45, 2.75) is 39.3 Å². The highest BCUT2D eigenvalue weighted by atomic mass is 15.7. The molecule has 0 spiro atoms. The van der Waals surface area contributed by atoms with Crippen LogP contribution in [-0.2, 0) is 0 Å². The Labute approximate surface area is 174 Å². The zero-order valence-corrected chi connectivity index (χ0v) is 17.2. The van der Waals surface area contributed by atoms with Gasteiger partial charge in [0.1, 0.15) is 31.2 Å². The molecule has 0 unspecified atom stereocenters. The number of fused-ring (bicyclic) bond motifs is 5. The van der Waals surface area contributed by atoms with E-state index in [2.05, 4.69) is 66.4 Å². The maximum Gasteiger partial charge on any atom is 0.216 e. The topological polar surface area (TPSA) is 79.4 Å². The molecule has 6 rings (SSSR count). The van der Waals surface area contributed by atoms with Crippen molar-refractivity contribution in [1.29, 1.82) is 0 Å². The third-order valence-electron chi connectivity index (χ3n) is 6.31. The van der Waals surface area contributed by atoms with E-state index in [1.165, 1.54) is 6.42 Å². The molecule has 154 valence electrons. The van der Waals surface area contributed by atoms with Crippen LogP contribution in [0.15, 0.2) is 41.4 Å². The molecule has 0 saturated carbocycles. The van der Waals surface area contributed by atoms with E-state index in [-0.39, 0.29) is 6.17 Å². The predicted octanol–water partition coefficient (Wildman–Crippen LogP) is 2.43. The van der Waals surface area contributed by atoms with Gasteiger partial charge in [-0.2, -0.15) is 0 Å². The number of aromatic nitrogens is 5. The van der Waals surface area contributed by atoms with Crippen LogP contribution >= 0.6 is 0 Å². The summed E-state index contributed by atoms with van der Waals surface area (Å²) in [6.07, 6.45) is 8.11. The van der Waals surface area contributed by atoms with Gasteiger partial charge in [0.25, 0.3) is 0 Å². The van der Waals surface area contributed by atoms with Gasteiger partial charge in [0.15, 0.2) is 0 Å². The molecule has 1 N–H and O–H groups in total. The van der Waals surface area contributed by atoms with Crippen LogP contribution in [-0.4, -0.2) is 43.7 Å². The van der Waals surface area contributed by atoms with Crippen LogP contribution in [0.5, 0.6) is 0 Å². The molecule has 1 aromatic carbocycles. The van der Waals surface area contributed by atoms with Crippen molar-refractivity contribution < 1.29 is 0 Å². The quantitative estimate of drug-likeness (QED) is 0.662. The second kappa shape index (κ2) is 6.58. The highest BCUT2D eigenvalue weighted by molar-refractivity contribution is 5.99. The third kappa shape index (κ3) is 2.54. The lowest BCUT2D eigenvalue weighted by molar-refractivity contribution is 0.282. The Hall–Kier alpha value is -3.36. The number of nitrogens with one attached hydrogen (secondary N) is 1. The van der Waals surface area contributed by atoms with Crippen molar-refractivity contribution in [2.24, 2.45) is 10.9 Å². The number of anilines is 1. The van der Waals surface area contributed by atoms with Gasteiger partial charge >= 0.3 is 0 Å². The minimum atomic E-state index is 0.150. The maximum absolute atomic E-state index is 5.03. The van der Waals surface area contributed by atoms with Gasteiger partial charge in [-0.05, 0) is 45.2 Å². The van der Waals surface area contributed by atoms with E-state index in [9.17, 15) is 0 Å². The van der Waals surface area contributed by atoms with Crippen molar-refractivity contribution in [3.05, 3.63) is 48.1 Å². The SMILES string of the molecule is Cc1nnc(C)n1N1CN=C2N[C@H]([C@@H]3CC=CCC3)n3c(nc4ccccc43)N2C1. The molecule has 0 fully saturated rings. The predicted molar refractivity (Wildman–Crippen MR) is 116 cm³/mol. The first-order valence-corrected chi connectivity index (χ1v) is 10.5. The number of para-hydroxylation sites is 2. The van der Waals surface area contributed by atoms with E-state index in [0.717, 1.165) is 47.4 Å². The molecule has 9 nitrogen and oxygen atoms in total. The van der Waals surface area contributed by atoms with Crippen molar-refractivity contribution in [2.75, 3.05) is 23.2 Å². The fraction of sp³-hybridized carbons (Fsp3) is 0.429. The molecule has 9 heteroatoms. The summed E-state index contributed by atoms with van der Waals surface area (Å²) >= 11 is 0. The summed E-state index contributed by atoms with van der Waals surface area (Å²) in [5.74, 6) is 4.07. The van der Waals surface area contributed by atoms with Gasteiger partial charge < -0.3 is 5.32 Å². The average Bonchev–Trinajstić information content (AvgIpc) is 3.33. The molecule has 0 bridgehead atoms. The van der Waals surface area contributed by atoms with Crippen LogP contribution < -0.4 is 15.2 Å². The first kappa shape index (κ1) is 17.5. The van der Waals surface area contributed by atoms with Gasteiger partial charge in [-0.25, -0.2) is 14.7 Å². The van der Waals surface area contributed by atoms with E-state index in [0.29, 0.717) is 19.3 Å². The Balaban J connectivity index is 1.46. The van der Waals surface area contributed by atoms with E-state index < -0.39 is 0 Å². The number of rotatable bonds is 2. The summed E-state index contributed by atoms with van der Waals surface area (Å²) < 4.78 is 4.40. The van der Waals surface area contributed by atoms with E-state index in [1.54, 1.807) is 0 Å². The molecular weight excluding hydrogens is 378 g/mol. The third-order valence-corrected chi connectivity index (χ3v) is 6.31. The minimum Gasteiger partial charge on any atom is -0.335 e. The molecule has 2 aliphatic heterocycles. The van der Waals surface area contributed by atoms with Crippen molar-refractivity contribution in [3.8, 4) is 0 Å². The Bertz CT molecular complexity index is 1150. The van der Waals surface area contributed by atoms with Gasteiger partial charge in [0, 0.05) is 5.92 Å². The number of hydrogen-bond donors (Lipinski definition) is 1. The molecule has 1 aliphatic carbocycles. The van der Waals surface area contributed by atoms with Crippen LogP contribution in [0.1, 0.15) is 37.1 Å². The number of guanidine groups is 1. The van der Waals surface area contributed by atoms with Crippen LogP contribution in [0, 0.1) is 19.8 Å². The number of aryl methyl sites for hydroxylation is 2. The molecule has 3 aliphatic rings. The van der Waals surface area contributed by atoms with Gasteiger partial charge in [-0.15, -0.1) is 10.2 Å². The largest absolute Gasteiger partial charge is 0.335 e. The summed E-state index contributed by atoms with van der Waals surface area (Å²) in [4.78, 5) is 12.1. The van der Waals surface area contributed by atoms with Gasteiger partial charge in [-0.1, -0.05) is 24.3 Å². The molecule has 0 radical (unpaired) electrons. The van der Waals surface area contributed by atoms with Gasteiger partial charge in [-0.3, -0.25) is 14.5 Å². The van der Waals surface area contributed by atoms with Crippen LogP contribution in [0.3, 0.4) is 0 Å². The van der Waals surface area contributed by atoms with E-state index >= 15 is 0 Å². The Kier molecular flexibility index (Phi) is 3.84. The molecule has 4 heterocycles. The van der Waals surface area contributed by atoms with Crippen molar-refractivity contribution in [3.63, 3.8) is 0 Å². The average molecular weight is 403 g/mol. The highest BCUT2D eigenvalue weighted by Gasteiger charge is 2.38. The molecule has 2 aromatic heterocycles. The zero-order chi connectivity index (χ0) is 20.2. The normalized spacial score (nSPS) is 23.2. The van der Waals surface area contributed by atoms with E-state index in [1.807, 2.05) is 18.5 Å². The minimum absolute atomic E-state index is 0.150. The molecule has 0 amide bonds. The molecule has 30 heavy (non-hydrogen) atoms. The lowest BCUT2D eigenvalue weighted by Gasteiger charge is -2.44. The smallest absolute Gasteiger partial charge is 0.216 e. The Morgan fingerprint density at radius 2 is 1.90 bits per heavy atom. The fourth-order valence-electron chi connectivity index (χ4n) is 4.92. The molecule has 3 aromatic rings. The van der Waals surface area contributed by atoms with Gasteiger partial charge in [0.05, 0.1) is 11.0 Å². The lowest BCUT2D eigenvalue weighted by Crippen LogP contribution is -2.60. The second-order valence-electron chi connectivity index (χ2n) is 8.21. The lowest BCUT2D eigenvalue weighted by atomic mass is 9.91. The zero-order valence-electron chi connectivity index (χ0n) is 17.2. The number of nitrogens with zero attached hydrogens (tertiary/aromatic N) is 8. The van der Waals surface area contributed by atoms with Gasteiger partial charge in [0.2, 0.25) is 11.9 Å². The number of hydrogen-bond acceptors (Lipinski definition) is 7. The first-order valence-electron chi connectivity index (χ1n) is 10.5. The monoisotopic (exact) mass is 403 g/mol. The fourth-order valence-corrected chi connectivity index (χ4v) is 4.92. The van der Waals surface area contributed by atoms with Crippen LogP contribution in [0.25, 0.3) is 11.0 Å². The Morgan fingerprint density at radius 1 is 1.07 bits per heavy atom. The summed E-state index contributed by atoms with van der Waals surface area (Å²) in [5, 5.41) is 14.3. The number of benzene rings is 1. The summed E-state index contributed by atoms with van der Waals surface area (Å²) in [6.45, 7) is 5.12. The maximum atomic E-state index is 5.03. The first-order chi connectivity index (χ1) is 14.7.